The number of hydrogen-bond acceptors (Lipinski definition) is 7. The Morgan fingerprint density at radius 1 is 1.21 bits per heavy atom. The lowest BCUT2D eigenvalue weighted by Crippen LogP contribution is -2.48. The quantitative estimate of drug-likeness (QED) is 0.359. The van der Waals surface area contributed by atoms with Crippen molar-refractivity contribution in [3.63, 3.8) is 0 Å². The summed E-state index contributed by atoms with van der Waals surface area (Å²) in [5.74, 6) is -2.10. The van der Waals surface area contributed by atoms with E-state index in [1.165, 1.54) is 12.0 Å². The van der Waals surface area contributed by atoms with Gasteiger partial charge >= 0.3 is 5.97 Å². The van der Waals surface area contributed by atoms with Crippen LogP contribution in [0.5, 0.6) is 11.5 Å². The number of amidine groups is 1. The summed E-state index contributed by atoms with van der Waals surface area (Å²) in [5.41, 5.74) is 1.04. The smallest absolute Gasteiger partial charge is 0.308 e. The van der Waals surface area contributed by atoms with Crippen LogP contribution in [0.25, 0.3) is 0 Å². The standard InChI is InChI=1S/C29H36FN3O6/c1-7-38-21-12-17-14-33(27(31)23(17)24(30)25(21)39-8-2)15-20(34)16-9-10-19-18(11-16)26(28(3,4)5)29(32-19,37-6)13-22(35)36/h9-12,26,31-32H,7-8,13-15H2,1-6H3,(H,35,36). The lowest BCUT2D eigenvalue weighted by atomic mass is 9.71. The van der Waals surface area contributed by atoms with Gasteiger partial charge in [0.15, 0.2) is 28.8 Å². The Kier molecular flexibility index (Phi) is 7.62. The average Bonchev–Trinajstić information content (AvgIpc) is 3.34. The van der Waals surface area contributed by atoms with Gasteiger partial charge in [0, 0.05) is 30.8 Å². The molecule has 3 N–H and O–H groups in total. The van der Waals surface area contributed by atoms with Crippen molar-refractivity contribution in [1.29, 1.82) is 5.41 Å². The lowest BCUT2D eigenvalue weighted by Gasteiger charge is -2.40. The van der Waals surface area contributed by atoms with Crippen LogP contribution in [0.15, 0.2) is 24.3 Å². The van der Waals surface area contributed by atoms with Crippen molar-refractivity contribution >= 4 is 23.3 Å². The van der Waals surface area contributed by atoms with Gasteiger partial charge in [-0.15, -0.1) is 0 Å². The molecule has 9 nitrogen and oxygen atoms in total. The molecule has 2 aliphatic rings. The monoisotopic (exact) mass is 541 g/mol. The zero-order chi connectivity index (χ0) is 28.7. The number of carbonyl (C=O) groups excluding carboxylic acids is 1. The number of ether oxygens (including phenoxy) is 3. The third kappa shape index (κ3) is 5.05. The van der Waals surface area contributed by atoms with E-state index < -0.39 is 22.9 Å². The Morgan fingerprint density at radius 2 is 1.90 bits per heavy atom. The van der Waals surface area contributed by atoms with Gasteiger partial charge in [0.25, 0.3) is 0 Å². The minimum Gasteiger partial charge on any atom is -0.490 e. The number of nitrogens with one attached hydrogen (secondary N) is 2. The van der Waals surface area contributed by atoms with Crippen molar-refractivity contribution in [2.24, 2.45) is 5.41 Å². The summed E-state index contributed by atoms with van der Waals surface area (Å²) in [4.78, 5) is 26.7. The highest BCUT2D eigenvalue weighted by molar-refractivity contribution is 6.06. The highest BCUT2D eigenvalue weighted by Crippen LogP contribution is 2.53. The number of benzene rings is 2. The molecule has 0 saturated carbocycles. The number of anilines is 1. The molecule has 10 heteroatoms. The summed E-state index contributed by atoms with van der Waals surface area (Å²) in [5, 5.41) is 21.5. The maximum atomic E-state index is 15.4. The summed E-state index contributed by atoms with van der Waals surface area (Å²) in [6.45, 7) is 10.2. The molecule has 0 saturated heterocycles. The van der Waals surface area contributed by atoms with Crippen LogP contribution in [-0.2, 0) is 16.1 Å². The minimum atomic E-state index is -1.17. The van der Waals surface area contributed by atoms with Gasteiger partial charge < -0.3 is 29.5 Å². The van der Waals surface area contributed by atoms with Gasteiger partial charge in [-0.3, -0.25) is 15.0 Å². The van der Waals surface area contributed by atoms with E-state index in [0.717, 1.165) is 5.56 Å². The van der Waals surface area contributed by atoms with Crippen LogP contribution in [0.3, 0.4) is 0 Å². The van der Waals surface area contributed by atoms with Gasteiger partial charge in [-0.1, -0.05) is 20.8 Å². The summed E-state index contributed by atoms with van der Waals surface area (Å²) in [6, 6.07) is 6.88. The highest BCUT2D eigenvalue weighted by Gasteiger charge is 2.53. The topological polar surface area (TPSA) is 121 Å². The Labute approximate surface area is 227 Å². The van der Waals surface area contributed by atoms with Crippen molar-refractivity contribution < 1.29 is 33.3 Å². The molecule has 0 fully saturated rings. The Balaban J connectivity index is 1.62. The molecule has 0 aromatic heterocycles. The van der Waals surface area contributed by atoms with Crippen molar-refractivity contribution in [3.05, 3.63) is 52.3 Å². The number of halogens is 1. The summed E-state index contributed by atoms with van der Waals surface area (Å²) in [6.07, 6.45) is -0.258. The van der Waals surface area contributed by atoms with E-state index in [1.807, 2.05) is 20.8 Å². The Hall–Kier alpha value is -3.66. The predicted octanol–water partition coefficient (Wildman–Crippen LogP) is 5.02. The lowest BCUT2D eigenvalue weighted by molar-refractivity contribution is -0.144. The van der Waals surface area contributed by atoms with E-state index in [0.29, 0.717) is 23.4 Å². The van der Waals surface area contributed by atoms with E-state index in [2.05, 4.69) is 5.32 Å². The molecular formula is C29H36FN3O6. The molecule has 0 radical (unpaired) electrons. The van der Waals surface area contributed by atoms with Crippen LogP contribution in [0.2, 0.25) is 0 Å². The first kappa shape index (κ1) is 28.4. The first-order valence-electron chi connectivity index (χ1n) is 13.0. The van der Waals surface area contributed by atoms with E-state index in [-0.39, 0.29) is 60.7 Å². The second kappa shape index (κ2) is 10.5. The molecule has 39 heavy (non-hydrogen) atoms. The van der Waals surface area contributed by atoms with Gasteiger partial charge in [0.05, 0.1) is 31.7 Å². The minimum absolute atomic E-state index is 0.0293. The second-order valence-electron chi connectivity index (χ2n) is 10.9. The summed E-state index contributed by atoms with van der Waals surface area (Å²) in [7, 11) is 1.48. The van der Waals surface area contributed by atoms with Gasteiger partial charge in [0.2, 0.25) is 0 Å². The SMILES string of the molecule is CCOc1cc2c(c(F)c1OCC)C(=N)N(CC(=O)c1ccc3c(c1)C(C(C)(C)C)C(CC(=O)O)(OC)N3)C2. The average molecular weight is 542 g/mol. The number of nitrogens with zero attached hydrogens (tertiary/aromatic N) is 1. The van der Waals surface area contributed by atoms with Crippen LogP contribution in [0.4, 0.5) is 10.1 Å². The molecule has 2 aromatic carbocycles. The van der Waals surface area contributed by atoms with Gasteiger partial charge in [-0.25, -0.2) is 4.39 Å². The van der Waals surface area contributed by atoms with Crippen LogP contribution in [0.1, 0.15) is 74.0 Å². The number of ketones is 1. The Morgan fingerprint density at radius 3 is 2.49 bits per heavy atom. The highest BCUT2D eigenvalue weighted by atomic mass is 19.1. The number of carboxylic acids is 1. The fraction of sp³-hybridized carbons (Fsp3) is 0.483. The number of aliphatic carboxylic acids is 1. The molecule has 0 amide bonds. The molecular weight excluding hydrogens is 505 g/mol. The number of hydrogen-bond donors (Lipinski definition) is 3. The maximum absolute atomic E-state index is 15.4. The Bertz CT molecular complexity index is 1320. The van der Waals surface area contributed by atoms with Crippen molar-refractivity contribution in [2.45, 2.75) is 59.2 Å². The maximum Gasteiger partial charge on any atom is 0.308 e. The van der Waals surface area contributed by atoms with Gasteiger partial charge in [0.1, 0.15) is 5.84 Å². The number of Topliss-reactive ketones (excluding diaryl/α,β-unsaturated/α-hetero) is 1. The summed E-state index contributed by atoms with van der Waals surface area (Å²) >= 11 is 0. The number of methoxy groups -OCH3 is 1. The van der Waals surface area contributed by atoms with Gasteiger partial charge in [-0.05, 0) is 54.7 Å². The summed E-state index contributed by atoms with van der Waals surface area (Å²) < 4.78 is 32.2. The van der Waals surface area contributed by atoms with Gasteiger partial charge in [-0.2, -0.15) is 0 Å². The second-order valence-corrected chi connectivity index (χ2v) is 10.9. The van der Waals surface area contributed by atoms with E-state index >= 15 is 4.39 Å². The molecule has 2 aliphatic heterocycles. The molecule has 2 atom stereocenters. The zero-order valence-corrected chi connectivity index (χ0v) is 23.2. The van der Waals surface area contributed by atoms with E-state index in [1.54, 1.807) is 38.1 Å². The van der Waals surface area contributed by atoms with Crippen LogP contribution >= 0.6 is 0 Å². The first-order valence-corrected chi connectivity index (χ1v) is 13.0. The van der Waals surface area contributed by atoms with E-state index in [9.17, 15) is 14.7 Å². The fourth-order valence-electron chi connectivity index (χ4n) is 5.84. The predicted molar refractivity (Wildman–Crippen MR) is 145 cm³/mol. The van der Waals surface area contributed by atoms with Crippen LogP contribution in [0, 0.1) is 16.6 Å². The number of rotatable bonds is 10. The molecule has 4 rings (SSSR count). The molecule has 0 aliphatic carbocycles. The molecule has 2 aromatic rings. The molecule has 2 heterocycles. The first-order chi connectivity index (χ1) is 18.4. The number of carbonyl (C=O) groups is 2. The van der Waals surface area contributed by atoms with Crippen molar-refractivity contribution in [2.75, 3.05) is 32.2 Å². The zero-order valence-electron chi connectivity index (χ0n) is 23.2. The largest absolute Gasteiger partial charge is 0.490 e. The molecule has 0 bridgehead atoms. The fourth-order valence-corrected chi connectivity index (χ4v) is 5.84. The normalized spacial score (nSPS) is 19.9. The molecule has 2 unspecified atom stereocenters. The van der Waals surface area contributed by atoms with Crippen molar-refractivity contribution in [1.82, 2.24) is 4.90 Å². The third-order valence-electron chi connectivity index (χ3n) is 7.25. The number of carboxylic acid groups (broad SMARTS) is 1. The number of fused-ring (bicyclic) bond motifs is 2. The van der Waals surface area contributed by atoms with Crippen molar-refractivity contribution in [3.8, 4) is 11.5 Å². The van der Waals surface area contributed by atoms with Crippen LogP contribution < -0.4 is 14.8 Å². The third-order valence-corrected chi connectivity index (χ3v) is 7.25. The molecule has 0 spiro atoms. The van der Waals surface area contributed by atoms with Crippen LogP contribution in [-0.4, -0.2) is 60.2 Å². The van der Waals surface area contributed by atoms with E-state index in [4.69, 9.17) is 19.6 Å². The molecule has 210 valence electrons.